The van der Waals surface area contributed by atoms with E-state index in [1.807, 2.05) is 0 Å². The van der Waals surface area contributed by atoms with E-state index in [9.17, 15) is 6.85 Å². The first-order chi connectivity index (χ1) is 19.6. The summed E-state index contributed by atoms with van der Waals surface area (Å²) >= 11 is 0. The molecule has 0 heterocycles. The molecule has 0 aliphatic heterocycles. The van der Waals surface area contributed by atoms with Gasteiger partial charge in [0, 0.05) is 23.2 Å². The van der Waals surface area contributed by atoms with E-state index in [2.05, 4.69) is 5.11 Å². The molecule has 0 radical (unpaired) electrons. The fraction of sp³-hybridized carbons (Fsp3) is 0.750. The minimum atomic E-state index is -3.72. The van der Waals surface area contributed by atoms with Crippen molar-refractivity contribution in [2.45, 2.75) is 78.6 Å². The van der Waals surface area contributed by atoms with Gasteiger partial charge in [-0.15, -0.1) is 0 Å². The molecule has 154 valence electrons. The molecule has 1 aliphatic carbocycles. The summed E-state index contributed by atoms with van der Waals surface area (Å²) in [5, 5.41) is 9.60. The van der Waals surface area contributed by atoms with Gasteiger partial charge in [0.25, 0.3) is 1.43 Å². The van der Waals surface area contributed by atoms with Crippen molar-refractivity contribution in [3.63, 3.8) is 0 Å². The van der Waals surface area contributed by atoms with Crippen molar-refractivity contribution in [3.8, 4) is 5.75 Å². The van der Waals surface area contributed by atoms with E-state index < -0.39 is 96.8 Å². The Morgan fingerprint density at radius 1 is 1.52 bits per heavy atom. The predicted octanol–water partition coefficient (Wildman–Crippen LogP) is 5.12. The standard InChI is InChI=1S/C24H41NO2/c1-9-25(8)15-14-23(7,20-10-11-21(26)17(2)16-20)24(27)13-12-18(3)22(5,6)19(24)4/h10-11,16,18-19,26-27H,9,12-15H2,1-8H3/i8D3,9D2,10D,11D,12D2,13D2,14D2,16D,18D,19D,27D/hD. The fourth-order valence-corrected chi connectivity index (χ4v) is 3.10. The lowest BCUT2D eigenvalue weighted by molar-refractivity contribution is -0.161. The first kappa shape index (κ1) is 7.99. The van der Waals surface area contributed by atoms with E-state index >= 15 is 0 Å². The van der Waals surface area contributed by atoms with E-state index in [1.165, 1.54) is 20.8 Å². The van der Waals surface area contributed by atoms with E-state index in [4.69, 9.17) is 23.0 Å². The van der Waals surface area contributed by atoms with Crippen LogP contribution in [0.4, 0.5) is 0 Å². The second kappa shape index (κ2) is 7.75. The Morgan fingerprint density at radius 2 is 2.26 bits per heavy atom. The molecular weight excluding hydrogens is 334 g/mol. The Hall–Kier alpha value is -1.06. The number of phenolic OH excluding ortho intramolecular Hbond substituents is 1. The quantitative estimate of drug-likeness (QED) is 0.644. The highest BCUT2D eigenvalue weighted by Crippen LogP contribution is 2.57. The van der Waals surface area contributed by atoms with Crippen molar-refractivity contribution in [2.24, 2.45) is 17.2 Å². The van der Waals surface area contributed by atoms with Crippen molar-refractivity contribution >= 4 is 0 Å². The summed E-state index contributed by atoms with van der Waals surface area (Å²) in [4.78, 5) is 0.118. The highest BCUT2D eigenvalue weighted by atomic mass is 16.3. The molecule has 1 aromatic rings. The first-order valence-corrected chi connectivity index (χ1v) is 8.78. The molecule has 0 spiro atoms. The molecule has 3 nitrogen and oxygen atoms in total. The second-order valence-corrected chi connectivity index (χ2v) is 7.62. The third-order valence-corrected chi connectivity index (χ3v) is 5.85. The number of aromatic hydroxyl groups is 1. The number of aliphatic hydroxyl groups is 1. The third-order valence-electron chi connectivity index (χ3n) is 5.85. The largest absolute Gasteiger partial charge is 0.508 e. The summed E-state index contributed by atoms with van der Waals surface area (Å²) in [5.74, 6) is -5.81. The average molecular weight is 394 g/mol. The maximum absolute atomic E-state index is 9.70. The molecule has 2 N–H and O–H groups in total. The zero-order valence-electron chi connectivity index (χ0n) is 35.0. The number of rotatable bonds is 8. The lowest BCUT2D eigenvalue weighted by Gasteiger charge is -2.59. The molecule has 4 atom stereocenters. The molecule has 1 aliphatic rings. The Labute approximate surface area is 192 Å². The van der Waals surface area contributed by atoms with Gasteiger partial charge in [-0.25, -0.2) is 0 Å². The lowest BCUT2D eigenvalue weighted by atomic mass is 9.49. The molecule has 1 fully saturated rings. The van der Waals surface area contributed by atoms with Crippen molar-refractivity contribution in [3.05, 3.63) is 29.3 Å². The zero-order valence-corrected chi connectivity index (χ0v) is 17.0. The molecule has 1 aromatic carbocycles. The van der Waals surface area contributed by atoms with Crippen LogP contribution in [0.3, 0.4) is 0 Å². The SMILES string of the molecule is [2H]Oc1c([2H])c([2H])c(C(C)(C([2H])([2H])CN(C([2H])([2H])[2H])C([2H])([2H])C)C2(O[2H])C([2H])([2H])C([2H])([2H])C([2H])(C)C(C)(C)C2([2H])C)c([2H])c1C. The van der Waals surface area contributed by atoms with Crippen LogP contribution in [-0.2, 0) is 5.41 Å². The molecular formula is C24H41NO2. The van der Waals surface area contributed by atoms with Gasteiger partial charge in [0.1, 0.15) is 5.75 Å². The molecule has 0 bridgehead atoms. The lowest BCUT2D eigenvalue weighted by Crippen LogP contribution is -2.62. The van der Waals surface area contributed by atoms with Crippen LogP contribution in [0.5, 0.6) is 5.75 Å². The van der Waals surface area contributed by atoms with E-state index in [0.29, 0.717) is 0 Å². The van der Waals surface area contributed by atoms with Crippen LogP contribution < -0.4 is 0 Å². The molecule has 0 aromatic heterocycles. The van der Waals surface area contributed by atoms with Gasteiger partial charge < -0.3 is 15.1 Å². The van der Waals surface area contributed by atoms with Gasteiger partial charge in [0.15, 0.2) is 0 Å². The minimum Gasteiger partial charge on any atom is -0.508 e. The third kappa shape index (κ3) is 3.78. The number of benzene rings is 1. The van der Waals surface area contributed by atoms with Gasteiger partial charge >= 0.3 is 0 Å². The zero-order chi connectivity index (χ0) is 36.2. The van der Waals surface area contributed by atoms with Crippen LogP contribution in [0.1, 0.15) is 93.7 Å². The van der Waals surface area contributed by atoms with Crippen molar-refractivity contribution in [1.29, 1.82) is 2.86 Å². The Balaban J connectivity index is 3.48. The topological polar surface area (TPSA) is 43.7 Å². The van der Waals surface area contributed by atoms with E-state index in [-0.39, 0.29) is 10.5 Å². The van der Waals surface area contributed by atoms with Crippen LogP contribution in [0, 0.1) is 24.1 Å². The van der Waals surface area contributed by atoms with Crippen LogP contribution in [-0.4, -0.2) is 43.6 Å². The van der Waals surface area contributed by atoms with Crippen molar-refractivity contribution in [2.75, 3.05) is 20.0 Å². The predicted molar refractivity (Wildman–Crippen MR) is 114 cm³/mol. The maximum atomic E-state index is 9.70. The minimum absolute atomic E-state index is 0.118. The van der Waals surface area contributed by atoms with Gasteiger partial charge in [-0.1, -0.05) is 53.6 Å². The van der Waals surface area contributed by atoms with E-state index in [1.54, 1.807) is 0 Å². The van der Waals surface area contributed by atoms with Gasteiger partial charge in [-0.05, 0) is 80.4 Å². The molecule has 27 heavy (non-hydrogen) atoms. The van der Waals surface area contributed by atoms with E-state index in [0.717, 1.165) is 27.7 Å². The molecule has 4 unspecified atom stereocenters. The summed E-state index contributed by atoms with van der Waals surface area (Å²) < 4.78 is 156. The second-order valence-electron chi connectivity index (χ2n) is 7.62. The van der Waals surface area contributed by atoms with Crippen LogP contribution in [0.15, 0.2) is 18.1 Å². The molecule has 0 saturated heterocycles. The summed E-state index contributed by atoms with van der Waals surface area (Å²) in [6.07, 6.45) is -10.5. The molecule has 0 amide bonds. The molecule has 3 heteroatoms. The van der Waals surface area contributed by atoms with Gasteiger partial charge in [0.2, 0.25) is 1.43 Å². The van der Waals surface area contributed by atoms with Crippen LogP contribution in [0.25, 0.3) is 0 Å². The summed E-state index contributed by atoms with van der Waals surface area (Å²) in [5.41, 5.74) is -9.89. The van der Waals surface area contributed by atoms with Crippen LogP contribution in [0.2, 0.25) is 0 Å². The number of phenols is 1. The highest BCUT2D eigenvalue weighted by Gasteiger charge is 2.58. The smallest absolute Gasteiger partial charge is 0.293 e. The Morgan fingerprint density at radius 3 is 2.85 bits per heavy atom. The highest BCUT2D eigenvalue weighted by molar-refractivity contribution is 5.40. The Kier molecular flexibility index (Phi) is 2.29. The monoisotopic (exact) mass is 393 g/mol. The summed E-state index contributed by atoms with van der Waals surface area (Å²) in [6, 6.07) is -2.75. The van der Waals surface area contributed by atoms with Crippen molar-refractivity contribution in [1.82, 2.24) is 4.90 Å². The Bertz CT molecular complexity index is 1240. The summed E-state index contributed by atoms with van der Waals surface area (Å²) in [6.45, 7) is -0.237. The fourth-order valence-electron chi connectivity index (χ4n) is 3.10. The molecule has 1 saturated carbocycles. The number of hydrogen-bond acceptors (Lipinski definition) is 3. The van der Waals surface area contributed by atoms with Crippen LogP contribution >= 0.6 is 0 Å². The molecule has 2 rings (SSSR count). The van der Waals surface area contributed by atoms with Gasteiger partial charge in [0.05, 0.1) is 9.71 Å². The summed E-state index contributed by atoms with van der Waals surface area (Å²) in [7, 11) is 0. The first-order valence-electron chi connectivity index (χ1n) is 17.6. The normalized spacial score (nSPS) is 50.5. The number of nitrogens with zero attached hydrogens (tertiary/aromatic N) is 1. The number of hydrogen-bond donors (Lipinski definition) is 2. The van der Waals surface area contributed by atoms with Gasteiger partial charge in [-0.3, -0.25) is 0 Å². The van der Waals surface area contributed by atoms with Crippen molar-refractivity contribution < 1.29 is 32.1 Å². The van der Waals surface area contributed by atoms with Gasteiger partial charge in [-0.2, -0.15) is 0 Å². The maximum Gasteiger partial charge on any atom is 0.293 e. The average Bonchev–Trinajstić information content (AvgIpc) is 2.84.